The van der Waals surface area contributed by atoms with Crippen molar-refractivity contribution < 1.29 is 18.8 Å². The summed E-state index contributed by atoms with van der Waals surface area (Å²) < 4.78 is 12.3. The molecule has 1 unspecified atom stereocenters. The van der Waals surface area contributed by atoms with E-state index in [1.54, 1.807) is 0 Å². The molecule has 0 aliphatic heterocycles. The van der Waals surface area contributed by atoms with E-state index < -0.39 is 0 Å². The van der Waals surface area contributed by atoms with Gasteiger partial charge in [0.25, 0.3) is 0 Å². The first-order valence-corrected chi connectivity index (χ1v) is 16.7. The number of quaternary nitrogens is 1. The summed E-state index contributed by atoms with van der Waals surface area (Å²) in [5, 5.41) is 0. The first-order chi connectivity index (χ1) is 20.0. The average Bonchev–Trinajstić information content (AvgIpc) is 2.96. The van der Waals surface area contributed by atoms with E-state index in [1.807, 2.05) is 24.3 Å². The van der Waals surface area contributed by atoms with Crippen LogP contribution in [0.1, 0.15) is 121 Å². The predicted octanol–water partition coefficient (Wildman–Crippen LogP) is 9.69. The van der Waals surface area contributed by atoms with Gasteiger partial charge in [-0.05, 0) is 43.4 Å². The number of nitrogens with zero attached hydrogens (tertiary/aromatic N) is 1. The second-order valence-electron chi connectivity index (χ2n) is 12.4. The number of ether oxygens (including phenoxy) is 2. The largest absolute Gasteiger partial charge is 0.494 e. The molecule has 4 heteroatoms. The summed E-state index contributed by atoms with van der Waals surface area (Å²) in [6.07, 6.45) is 20.2. The molecule has 0 bridgehead atoms. The van der Waals surface area contributed by atoms with E-state index >= 15 is 0 Å². The van der Waals surface area contributed by atoms with Crippen molar-refractivity contribution in [2.75, 3.05) is 27.3 Å². The van der Waals surface area contributed by atoms with Crippen molar-refractivity contribution in [3.63, 3.8) is 0 Å². The Morgan fingerprint density at radius 1 is 0.683 bits per heavy atom. The summed E-state index contributed by atoms with van der Waals surface area (Å²) in [5.74, 6) is 0.851. The molecule has 0 saturated carbocycles. The van der Waals surface area contributed by atoms with Gasteiger partial charge < -0.3 is 14.0 Å². The fraction of sp³-hybridized carbons (Fsp3) is 0.649. The average molecular weight is 567 g/mol. The first kappa shape index (κ1) is 34.9. The molecule has 0 radical (unpaired) electrons. The normalized spacial score (nSPS) is 12.3. The summed E-state index contributed by atoms with van der Waals surface area (Å²) in [6, 6.07) is 18.7. The monoisotopic (exact) mass is 566 g/mol. The molecule has 0 aliphatic carbocycles. The van der Waals surface area contributed by atoms with Gasteiger partial charge in [-0.25, -0.2) is 4.79 Å². The van der Waals surface area contributed by atoms with Crippen LogP contribution < -0.4 is 4.74 Å². The molecule has 41 heavy (non-hydrogen) atoms. The van der Waals surface area contributed by atoms with Crippen LogP contribution in [0.4, 0.5) is 0 Å². The van der Waals surface area contributed by atoms with Gasteiger partial charge in [-0.3, -0.25) is 0 Å². The summed E-state index contributed by atoms with van der Waals surface area (Å²) in [6.45, 7) is 6.25. The van der Waals surface area contributed by atoms with E-state index in [0.29, 0.717) is 17.7 Å². The Kier molecular flexibility index (Phi) is 18.2. The van der Waals surface area contributed by atoms with Crippen LogP contribution in [0.3, 0.4) is 0 Å². The highest BCUT2D eigenvalue weighted by atomic mass is 16.5. The molecule has 230 valence electrons. The molecule has 2 aromatic rings. The first-order valence-electron chi connectivity index (χ1n) is 16.7. The number of hydrogen-bond acceptors (Lipinski definition) is 3. The van der Waals surface area contributed by atoms with Gasteiger partial charge in [-0.1, -0.05) is 127 Å². The minimum Gasteiger partial charge on any atom is -0.494 e. The number of hydrogen-bond donors (Lipinski definition) is 0. The third-order valence-corrected chi connectivity index (χ3v) is 8.20. The summed E-state index contributed by atoms with van der Waals surface area (Å²) >= 11 is 0. The van der Waals surface area contributed by atoms with Crippen molar-refractivity contribution in [3.05, 3.63) is 65.7 Å². The van der Waals surface area contributed by atoms with Crippen molar-refractivity contribution in [3.8, 4) is 5.75 Å². The van der Waals surface area contributed by atoms with E-state index in [0.717, 1.165) is 38.0 Å². The van der Waals surface area contributed by atoms with Crippen LogP contribution in [0.25, 0.3) is 0 Å². The van der Waals surface area contributed by atoms with Crippen molar-refractivity contribution >= 4 is 5.97 Å². The molecule has 0 N–H and O–H groups in total. The topological polar surface area (TPSA) is 35.5 Å². The fourth-order valence-corrected chi connectivity index (χ4v) is 5.73. The van der Waals surface area contributed by atoms with Crippen LogP contribution in [0.15, 0.2) is 54.6 Å². The van der Waals surface area contributed by atoms with Crippen molar-refractivity contribution in [2.45, 2.75) is 129 Å². The van der Waals surface area contributed by atoms with Gasteiger partial charge in [0.05, 0.1) is 27.3 Å². The van der Waals surface area contributed by atoms with Crippen LogP contribution in [-0.4, -0.2) is 43.8 Å². The summed E-state index contributed by atoms with van der Waals surface area (Å²) in [7, 11) is 4.23. The van der Waals surface area contributed by atoms with Crippen LogP contribution in [0.2, 0.25) is 0 Å². The Bertz CT molecular complexity index is 927. The van der Waals surface area contributed by atoms with Crippen LogP contribution in [0.5, 0.6) is 5.75 Å². The SMILES string of the molecule is CCCCCCCCCCCCCCc1cccc(OCCCCOC(=O)C(CC)[N+](C)(C)Cc2ccccc2)c1. The molecule has 2 rings (SSSR count). The smallest absolute Gasteiger partial charge is 0.364 e. The van der Waals surface area contributed by atoms with E-state index in [9.17, 15) is 4.79 Å². The number of unbranched alkanes of at least 4 members (excludes halogenated alkanes) is 12. The minimum atomic E-state index is -0.167. The molecule has 0 heterocycles. The number of esters is 1. The van der Waals surface area contributed by atoms with Crippen LogP contribution in [0, 0.1) is 0 Å². The number of carbonyl (C=O) groups is 1. The number of aryl methyl sites for hydroxylation is 1. The molecule has 0 fully saturated rings. The Morgan fingerprint density at radius 3 is 1.90 bits per heavy atom. The van der Waals surface area contributed by atoms with Gasteiger partial charge in [-0.2, -0.15) is 0 Å². The predicted molar refractivity (Wildman–Crippen MR) is 173 cm³/mol. The number of likely N-dealkylation sites (N-methyl/N-ethyl adjacent to an activating group) is 1. The molecule has 0 aliphatic rings. The van der Waals surface area contributed by atoms with Gasteiger partial charge in [-0.15, -0.1) is 0 Å². The third-order valence-electron chi connectivity index (χ3n) is 8.20. The molecule has 0 spiro atoms. The standard InChI is InChI=1S/C37H60NO3/c1-5-7-8-9-10-11-12-13-14-15-16-18-24-33-27-23-28-35(31-33)40-29-21-22-30-41-37(39)36(6-2)38(3,4)32-34-25-19-17-20-26-34/h17,19-20,23,25-28,31,36H,5-16,18,21-22,24,29-30,32H2,1-4H3/q+1. The highest BCUT2D eigenvalue weighted by Gasteiger charge is 2.34. The lowest BCUT2D eigenvalue weighted by Gasteiger charge is -2.36. The van der Waals surface area contributed by atoms with E-state index in [-0.39, 0.29) is 12.0 Å². The fourth-order valence-electron chi connectivity index (χ4n) is 5.73. The molecule has 4 nitrogen and oxygen atoms in total. The molecule has 2 aromatic carbocycles. The van der Waals surface area contributed by atoms with Crippen molar-refractivity contribution in [2.24, 2.45) is 0 Å². The zero-order chi connectivity index (χ0) is 29.6. The third kappa shape index (κ3) is 15.5. The van der Waals surface area contributed by atoms with E-state index in [4.69, 9.17) is 9.47 Å². The maximum absolute atomic E-state index is 12.9. The number of rotatable bonds is 24. The lowest BCUT2D eigenvalue weighted by Crippen LogP contribution is -2.52. The summed E-state index contributed by atoms with van der Waals surface area (Å²) in [4.78, 5) is 12.9. The number of benzene rings is 2. The Balaban J connectivity index is 1.54. The maximum Gasteiger partial charge on any atom is 0.364 e. The molecule has 0 aromatic heterocycles. The quantitative estimate of drug-likeness (QED) is 0.0721. The highest BCUT2D eigenvalue weighted by Crippen LogP contribution is 2.19. The Hall–Kier alpha value is -2.33. The van der Waals surface area contributed by atoms with Crippen LogP contribution in [-0.2, 0) is 22.5 Å². The van der Waals surface area contributed by atoms with Crippen molar-refractivity contribution in [1.82, 2.24) is 0 Å². The lowest BCUT2D eigenvalue weighted by atomic mass is 10.0. The van der Waals surface area contributed by atoms with Gasteiger partial charge in [0.2, 0.25) is 0 Å². The zero-order valence-electron chi connectivity index (χ0n) is 26.9. The lowest BCUT2D eigenvalue weighted by molar-refractivity contribution is -0.919. The van der Waals surface area contributed by atoms with Crippen LogP contribution >= 0.6 is 0 Å². The Morgan fingerprint density at radius 2 is 1.27 bits per heavy atom. The molecule has 0 saturated heterocycles. The second-order valence-corrected chi connectivity index (χ2v) is 12.4. The molecular weight excluding hydrogens is 506 g/mol. The maximum atomic E-state index is 12.9. The molecular formula is C37H60NO3+. The highest BCUT2D eigenvalue weighted by molar-refractivity contribution is 5.74. The number of carbonyl (C=O) groups excluding carboxylic acids is 1. The second kappa shape index (κ2) is 21.4. The Labute approximate surface area is 252 Å². The van der Waals surface area contributed by atoms with Crippen molar-refractivity contribution in [1.29, 1.82) is 0 Å². The van der Waals surface area contributed by atoms with Gasteiger partial charge in [0.15, 0.2) is 6.04 Å². The van der Waals surface area contributed by atoms with E-state index in [2.05, 4.69) is 58.3 Å². The minimum absolute atomic E-state index is 0.0974. The summed E-state index contributed by atoms with van der Waals surface area (Å²) in [5.41, 5.74) is 2.60. The van der Waals surface area contributed by atoms with E-state index in [1.165, 1.54) is 88.2 Å². The van der Waals surface area contributed by atoms with Gasteiger partial charge in [0, 0.05) is 12.0 Å². The van der Waals surface area contributed by atoms with Gasteiger partial charge in [0.1, 0.15) is 12.3 Å². The molecule has 1 atom stereocenters. The van der Waals surface area contributed by atoms with Gasteiger partial charge >= 0.3 is 5.97 Å². The zero-order valence-corrected chi connectivity index (χ0v) is 26.9. The molecule has 0 amide bonds.